The summed E-state index contributed by atoms with van der Waals surface area (Å²) < 4.78 is 10.2. The van der Waals surface area contributed by atoms with Gasteiger partial charge in [-0.05, 0) is 71.3 Å². The molecule has 8 rings (SSSR count). The summed E-state index contributed by atoms with van der Waals surface area (Å²) in [6.07, 6.45) is 0. The molecule has 0 aliphatic carbocycles. The van der Waals surface area contributed by atoms with Gasteiger partial charge in [0.1, 0.15) is 6.61 Å². The minimum atomic E-state index is -0.182. The van der Waals surface area contributed by atoms with Crippen LogP contribution in [0.1, 0.15) is 19.4 Å². The molecule has 0 amide bonds. The van der Waals surface area contributed by atoms with Crippen LogP contribution in [0.3, 0.4) is 0 Å². The van der Waals surface area contributed by atoms with Gasteiger partial charge in [-0.15, -0.1) is 0 Å². The Balaban J connectivity index is 1.13. The summed E-state index contributed by atoms with van der Waals surface area (Å²) >= 11 is 0. The quantitative estimate of drug-likeness (QED) is 0.182. The number of fused-ring (bicyclic) bond motifs is 6. The van der Waals surface area contributed by atoms with E-state index in [4.69, 9.17) is 4.74 Å². The first-order valence-electron chi connectivity index (χ1n) is 15.4. The standard InChI is InChI=1S/C41H32N2O2/c1-27(2)41(44)45-26-28-15-24-40-36(25-28)35-11-5-8-14-39(35)43(40)32-22-18-30(19-23-32)29-16-20-31(21-17-29)42-37-12-6-3-9-33(37)34-10-4-7-13-38(34)42/h3-25,27H,26H2,1-2H3. The minimum Gasteiger partial charge on any atom is -0.461 e. The van der Waals surface area contributed by atoms with Gasteiger partial charge < -0.3 is 13.9 Å². The zero-order chi connectivity index (χ0) is 30.5. The first kappa shape index (κ1) is 27.0. The van der Waals surface area contributed by atoms with E-state index in [1.165, 1.54) is 38.3 Å². The lowest BCUT2D eigenvalue weighted by Crippen LogP contribution is -2.11. The molecule has 45 heavy (non-hydrogen) atoms. The normalized spacial score (nSPS) is 11.7. The highest BCUT2D eigenvalue weighted by Crippen LogP contribution is 2.35. The van der Waals surface area contributed by atoms with Crippen LogP contribution in [0.15, 0.2) is 140 Å². The highest BCUT2D eigenvalue weighted by atomic mass is 16.5. The fourth-order valence-corrected chi connectivity index (χ4v) is 6.52. The molecule has 2 aromatic heterocycles. The number of para-hydroxylation sites is 3. The van der Waals surface area contributed by atoms with Crippen molar-refractivity contribution >= 4 is 49.6 Å². The minimum absolute atomic E-state index is 0.142. The van der Waals surface area contributed by atoms with Crippen LogP contribution in [-0.4, -0.2) is 15.1 Å². The lowest BCUT2D eigenvalue weighted by molar-refractivity contribution is -0.148. The molecule has 4 nitrogen and oxygen atoms in total. The Bertz CT molecular complexity index is 2300. The molecule has 6 aromatic carbocycles. The summed E-state index contributed by atoms with van der Waals surface area (Å²) in [5.41, 5.74) is 10.3. The van der Waals surface area contributed by atoms with Crippen LogP contribution >= 0.6 is 0 Å². The van der Waals surface area contributed by atoms with Crippen LogP contribution in [0.4, 0.5) is 0 Å². The zero-order valence-corrected chi connectivity index (χ0v) is 25.3. The maximum absolute atomic E-state index is 12.0. The molecular formula is C41H32N2O2. The smallest absolute Gasteiger partial charge is 0.308 e. The Kier molecular flexibility index (Phi) is 6.49. The highest BCUT2D eigenvalue weighted by molar-refractivity contribution is 6.10. The fourth-order valence-electron chi connectivity index (χ4n) is 6.52. The predicted octanol–water partition coefficient (Wildman–Crippen LogP) is 10.2. The topological polar surface area (TPSA) is 36.2 Å². The number of hydrogen-bond donors (Lipinski definition) is 0. The van der Waals surface area contributed by atoms with Crippen molar-refractivity contribution in [2.24, 2.45) is 5.92 Å². The lowest BCUT2D eigenvalue weighted by atomic mass is 10.0. The van der Waals surface area contributed by atoms with Gasteiger partial charge in [0, 0.05) is 32.9 Å². The number of ether oxygens (including phenoxy) is 1. The molecule has 0 saturated heterocycles. The van der Waals surface area contributed by atoms with Crippen molar-refractivity contribution in [3.8, 4) is 22.5 Å². The number of rotatable bonds is 6. The van der Waals surface area contributed by atoms with Gasteiger partial charge in [0.25, 0.3) is 0 Å². The predicted molar refractivity (Wildman–Crippen MR) is 185 cm³/mol. The first-order chi connectivity index (χ1) is 22.1. The molecule has 218 valence electrons. The largest absolute Gasteiger partial charge is 0.461 e. The molecule has 4 heteroatoms. The molecule has 0 aliphatic heterocycles. The second-order valence-electron chi connectivity index (χ2n) is 11.9. The Hall–Kier alpha value is -5.61. The van der Waals surface area contributed by atoms with Crippen molar-refractivity contribution in [3.05, 3.63) is 145 Å². The summed E-state index contributed by atoms with van der Waals surface area (Å²) in [7, 11) is 0. The van der Waals surface area contributed by atoms with E-state index in [-0.39, 0.29) is 18.5 Å². The van der Waals surface area contributed by atoms with Gasteiger partial charge in [0.15, 0.2) is 0 Å². The summed E-state index contributed by atoms with van der Waals surface area (Å²) in [5.74, 6) is -0.324. The number of carbonyl (C=O) groups excluding carboxylic acids is 1. The van der Waals surface area contributed by atoms with Crippen molar-refractivity contribution in [1.82, 2.24) is 9.13 Å². The molecule has 0 saturated carbocycles. The number of esters is 1. The van der Waals surface area contributed by atoms with E-state index in [1.807, 2.05) is 13.8 Å². The zero-order valence-electron chi connectivity index (χ0n) is 25.3. The summed E-state index contributed by atoms with van der Waals surface area (Å²) in [6, 6.07) is 49.7. The summed E-state index contributed by atoms with van der Waals surface area (Å²) in [6.45, 7) is 3.98. The lowest BCUT2D eigenvalue weighted by Gasteiger charge is -2.11. The number of hydrogen-bond acceptors (Lipinski definition) is 2. The molecule has 0 radical (unpaired) electrons. The molecule has 0 N–H and O–H groups in total. The Labute approximate surface area is 261 Å². The molecule has 0 fully saturated rings. The van der Waals surface area contributed by atoms with Gasteiger partial charge in [0.2, 0.25) is 0 Å². The third-order valence-electron chi connectivity index (χ3n) is 8.75. The maximum Gasteiger partial charge on any atom is 0.308 e. The molecule has 2 heterocycles. The SMILES string of the molecule is CC(C)C(=O)OCc1ccc2c(c1)c1ccccc1n2-c1ccc(-c2ccc(-n3c4ccccc4c4ccccc43)cc2)cc1. The van der Waals surface area contributed by atoms with Gasteiger partial charge in [-0.25, -0.2) is 0 Å². The monoisotopic (exact) mass is 584 g/mol. The third kappa shape index (κ3) is 4.58. The molecule has 0 bridgehead atoms. The Morgan fingerprint density at radius 2 is 0.956 bits per heavy atom. The molecular weight excluding hydrogens is 552 g/mol. The maximum atomic E-state index is 12.0. The van der Waals surface area contributed by atoms with Crippen molar-refractivity contribution < 1.29 is 9.53 Å². The molecule has 0 atom stereocenters. The summed E-state index contributed by atoms with van der Waals surface area (Å²) in [4.78, 5) is 12.0. The van der Waals surface area contributed by atoms with Crippen molar-refractivity contribution in [3.63, 3.8) is 0 Å². The van der Waals surface area contributed by atoms with Gasteiger partial charge in [-0.1, -0.05) is 98.8 Å². The van der Waals surface area contributed by atoms with Crippen LogP contribution in [0.2, 0.25) is 0 Å². The van der Waals surface area contributed by atoms with E-state index in [0.29, 0.717) is 0 Å². The van der Waals surface area contributed by atoms with Gasteiger partial charge in [-0.3, -0.25) is 4.79 Å². The van der Waals surface area contributed by atoms with E-state index < -0.39 is 0 Å². The van der Waals surface area contributed by atoms with Gasteiger partial charge in [-0.2, -0.15) is 0 Å². The highest BCUT2D eigenvalue weighted by Gasteiger charge is 2.15. The second-order valence-corrected chi connectivity index (χ2v) is 11.9. The van der Waals surface area contributed by atoms with Crippen LogP contribution in [0.25, 0.3) is 66.1 Å². The average molecular weight is 585 g/mol. The van der Waals surface area contributed by atoms with Crippen molar-refractivity contribution in [2.75, 3.05) is 0 Å². The molecule has 0 unspecified atom stereocenters. The summed E-state index contributed by atoms with van der Waals surface area (Å²) in [5, 5.41) is 4.86. The number of benzene rings is 6. The van der Waals surface area contributed by atoms with Gasteiger partial charge >= 0.3 is 5.97 Å². The number of carbonyl (C=O) groups is 1. The first-order valence-corrected chi connectivity index (χ1v) is 15.4. The van der Waals surface area contributed by atoms with E-state index in [0.717, 1.165) is 33.4 Å². The van der Waals surface area contributed by atoms with E-state index >= 15 is 0 Å². The van der Waals surface area contributed by atoms with Crippen molar-refractivity contribution in [1.29, 1.82) is 0 Å². The molecule has 0 spiro atoms. The number of nitrogens with zero attached hydrogens (tertiary/aromatic N) is 2. The van der Waals surface area contributed by atoms with Crippen LogP contribution < -0.4 is 0 Å². The Morgan fingerprint density at radius 3 is 1.42 bits per heavy atom. The van der Waals surface area contributed by atoms with E-state index in [9.17, 15) is 4.79 Å². The van der Waals surface area contributed by atoms with E-state index in [1.54, 1.807) is 0 Å². The average Bonchev–Trinajstić information content (AvgIpc) is 3.60. The van der Waals surface area contributed by atoms with Crippen LogP contribution in [-0.2, 0) is 16.1 Å². The fraction of sp³-hybridized carbons (Fsp3) is 0.0976. The molecule has 8 aromatic rings. The van der Waals surface area contributed by atoms with Crippen molar-refractivity contribution in [2.45, 2.75) is 20.5 Å². The van der Waals surface area contributed by atoms with Crippen LogP contribution in [0, 0.1) is 5.92 Å². The van der Waals surface area contributed by atoms with Gasteiger partial charge in [0.05, 0.1) is 28.0 Å². The third-order valence-corrected chi connectivity index (χ3v) is 8.75. The molecule has 0 aliphatic rings. The van der Waals surface area contributed by atoms with E-state index in [2.05, 4.69) is 149 Å². The van der Waals surface area contributed by atoms with Crippen LogP contribution in [0.5, 0.6) is 0 Å². The number of aromatic nitrogens is 2. The Morgan fingerprint density at radius 1 is 0.533 bits per heavy atom. The second kappa shape index (κ2) is 10.8.